The van der Waals surface area contributed by atoms with Crippen LogP contribution in [-0.2, 0) is 22.5 Å². The summed E-state index contributed by atoms with van der Waals surface area (Å²) < 4.78 is 7.51. The number of hydrogen-bond donors (Lipinski definition) is 2. The van der Waals surface area contributed by atoms with Crippen molar-refractivity contribution >= 4 is 5.97 Å². The van der Waals surface area contributed by atoms with Crippen LogP contribution in [-0.4, -0.2) is 45.8 Å². The van der Waals surface area contributed by atoms with E-state index in [1.165, 1.54) is 5.69 Å². The van der Waals surface area contributed by atoms with Crippen LogP contribution in [0.4, 0.5) is 0 Å². The smallest absolute Gasteiger partial charge is 0.329 e. The minimum absolute atomic E-state index is 0.154. The minimum atomic E-state index is -0.911. The van der Waals surface area contributed by atoms with Crippen LogP contribution >= 0.6 is 0 Å². The zero-order valence-electron chi connectivity index (χ0n) is 19.6. The van der Waals surface area contributed by atoms with Crippen LogP contribution in [0, 0.1) is 11.8 Å². The van der Waals surface area contributed by atoms with Gasteiger partial charge in [0.05, 0.1) is 6.61 Å². The Morgan fingerprint density at radius 3 is 2.18 bits per heavy atom. The van der Waals surface area contributed by atoms with Gasteiger partial charge in [-0.25, -0.2) is 4.79 Å². The van der Waals surface area contributed by atoms with E-state index in [4.69, 9.17) is 14.9 Å². The first-order valence-electron chi connectivity index (χ1n) is 12.3. The molecule has 1 aliphatic rings. The summed E-state index contributed by atoms with van der Waals surface area (Å²) in [5.74, 6) is 0.0452. The molecule has 4 rings (SSSR count). The van der Waals surface area contributed by atoms with E-state index < -0.39 is 5.97 Å². The molecule has 1 fully saturated rings. The predicted octanol–water partition coefficient (Wildman–Crippen LogP) is 5.05. The molecule has 0 saturated heterocycles. The van der Waals surface area contributed by atoms with E-state index in [1.54, 1.807) is 0 Å². The predicted molar refractivity (Wildman–Crippen MR) is 132 cm³/mol. The Hall–Kier alpha value is -2.96. The van der Waals surface area contributed by atoms with Gasteiger partial charge in [-0.2, -0.15) is 5.10 Å². The van der Waals surface area contributed by atoms with Crippen LogP contribution in [0.1, 0.15) is 37.8 Å². The Balaban J connectivity index is 1.57. The molecule has 0 radical (unpaired) electrons. The summed E-state index contributed by atoms with van der Waals surface area (Å²) in [4.78, 5) is 10.7. The number of hydrogen-bond acceptors (Lipinski definition) is 4. The van der Waals surface area contributed by atoms with Gasteiger partial charge in [0.15, 0.2) is 0 Å². The van der Waals surface area contributed by atoms with Gasteiger partial charge < -0.3 is 14.9 Å². The van der Waals surface area contributed by atoms with E-state index in [9.17, 15) is 9.90 Å². The van der Waals surface area contributed by atoms with E-state index in [-0.39, 0.29) is 13.2 Å². The number of aromatic nitrogens is 2. The van der Waals surface area contributed by atoms with Gasteiger partial charge in [0, 0.05) is 30.0 Å². The van der Waals surface area contributed by atoms with Crippen molar-refractivity contribution < 1.29 is 19.7 Å². The summed E-state index contributed by atoms with van der Waals surface area (Å²) >= 11 is 0. The van der Waals surface area contributed by atoms with Crippen LogP contribution in [0.2, 0.25) is 0 Å². The maximum absolute atomic E-state index is 10.7. The van der Waals surface area contributed by atoms with Gasteiger partial charge in [0.1, 0.15) is 12.3 Å². The second kappa shape index (κ2) is 12.0. The van der Waals surface area contributed by atoms with Gasteiger partial charge >= 0.3 is 5.97 Å². The fraction of sp³-hybridized carbons (Fsp3) is 0.429. The Labute approximate surface area is 201 Å². The summed E-state index contributed by atoms with van der Waals surface area (Å²) in [5.41, 5.74) is 5.60. The highest BCUT2D eigenvalue weighted by atomic mass is 16.5. The summed E-state index contributed by atoms with van der Waals surface area (Å²) in [6.45, 7) is 1.32. The number of aliphatic hydroxyl groups excluding tert-OH is 1. The zero-order valence-corrected chi connectivity index (χ0v) is 19.6. The Kier molecular flexibility index (Phi) is 8.50. The molecule has 1 saturated carbocycles. The maximum atomic E-state index is 10.7. The van der Waals surface area contributed by atoms with Gasteiger partial charge in [-0.3, -0.25) is 4.68 Å². The van der Waals surface area contributed by atoms with Gasteiger partial charge in [-0.15, -0.1) is 0 Å². The van der Waals surface area contributed by atoms with Gasteiger partial charge in [-0.05, 0) is 55.9 Å². The third-order valence-electron chi connectivity index (χ3n) is 6.72. The molecule has 0 unspecified atom stereocenters. The standard InChI is InChI=1S/C28H34N2O4/c31-17-7-12-25-27(23-8-3-1-4-9-23)28(24-10-5-2-6-11-24)29-30(25)18-21-13-15-22(16-14-21)19-34-20-26(32)33/h1-6,8-11,21-22,31H,7,12-20H2,(H,32,33)/t21-,22+. The Morgan fingerprint density at radius 2 is 1.56 bits per heavy atom. The largest absolute Gasteiger partial charge is 0.480 e. The van der Waals surface area contributed by atoms with Gasteiger partial charge in [-0.1, -0.05) is 60.7 Å². The van der Waals surface area contributed by atoms with E-state index in [0.29, 0.717) is 24.9 Å². The van der Waals surface area contributed by atoms with Crippen LogP contribution < -0.4 is 0 Å². The first-order valence-corrected chi connectivity index (χ1v) is 12.3. The number of carboxylic acid groups (broad SMARTS) is 1. The average molecular weight is 463 g/mol. The molecule has 6 nitrogen and oxygen atoms in total. The lowest BCUT2D eigenvalue weighted by atomic mass is 9.82. The molecule has 34 heavy (non-hydrogen) atoms. The van der Waals surface area contributed by atoms with E-state index >= 15 is 0 Å². The van der Waals surface area contributed by atoms with E-state index in [2.05, 4.69) is 41.1 Å². The van der Waals surface area contributed by atoms with E-state index in [1.807, 2.05) is 24.3 Å². The molecule has 2 N–H and O–H groups in total. The third-order valence-corrected chi connectivity index (χ3v) is 6.72. The first kappa shape index (κ1) is 24.2. The zero-order chi connectivity index (χ0) is 23.8. The van der Waals surface area contributed by atoms with Crippen molar-refractivity contribution in [3.8, 4) is 22.4 Å². The van der Waals surface area contributed by atoms with Crippen molar-refractivity contribution in [1.29, 1.82) is 0 Å². The lowest BCUT2D eigenvalue weighted by molar-refractivity contribution is -0.142. The number of benzene rings is 2. The van der Waals surface area contributed by atoms with Crippen molar-refractivity contribution in [3.05, 3.63) is 66.4 Å². The molecule has 1 aliphatic carbocycles. The first-order chi connectivity index (χ1) is 16.7. The highest BCUT2D eigenvalue weighted by Crippen LogP contribution is 2.37. The molecule has 1 aromatic heterocycles. The second-order valence-electron chi connectivity index (χ2n) is 9.21. The van der Waals surface area contributed by atoms with Gasteiger partial charge in [0.25, 0.3) is 0 Å². The number of rotatable bonds is 11. The summed E-state index contributed by atoms with van der Waals surface area (Å²) in [5, 5.41) is 23.5. The molecule has 1 heterocycles. The van der Waals surface area contributed by atoms with Crippen LogP contribution in [0.5, 0.6) is 0 Å². The van der Waals surface area contributed by atoms with Crippen molar-refractivity contribution in [2.45, 2.75) is 45.1 Å². The van der Waals surface area contributed by atoms with E-state index in [0.717, 1.165) is 61.0 Å². The monoisotopic (exact) mass is 462 g/mol. The lowest BCUT2D eigenvalue weighted by Crippen LogP contribution is -2.24. The summed E-state index contributed by atoms with van der Waals surface area (Å²) in [6, 6.07) is 20.8. The number of aliphatic carboxylic acids is 1. The van der Waals surface area contributed by atoms with Crippen LogP contribution in [0.3, 0.4) is 0 Å². The number of carbonyl (C=O) groups is 1. The summed E-state index contributed by atoms with van der Waals surface area (Å²) in [7, 11) is 0. The number of ether oxygens (including phenoxy) is 1. The molecule has 3 aromatic rings. The molecule has 0 amide bonds. The molecular weight excluding hydrogens is 428 g/mol. The fourth-order valence-corrected chi connectivity index (χ4v) is 4.99. The molecule has 0 atom stereocenters. The number of carboxylic acids is 1. The molecular formula is C28H34N2O4. The lowest BCUT2D eigenvalue weighted by Gasteiger charge is -2.28. The van der Waals surface area contributed by atoms with Gasteiger partial charge in [0.2, 0.25) is 0 Å². The topological polar surface area (TPSA) is 84.6 Å². The molecule has 0 aliphatic heterocycles. The number of aliphatic hydroxyl groups is 1. The molecule has 6 heteroatoms. The number of nitrogens with zero attached hydrogens (tertiary/aromatic N) is 2. The molecule has 180 valence electrons. The quantitative estimate of drug-likeness (QED) is 0.417. The maximum Gasteiger partial charge on any atom is 0.329 e. The van der Waals surface area contributed by atoms with Crippen LogP contribution in [0.15, 0.2) is 60.7 Å². The Morgan fingerprint density at radius 1 is 0.941 bits per heavy atom. The normalized spacial score (nSPS) is 18.1. The third kappa shape index (κ3) is 6.13. The molecule has 2 aromatic carbocycles. The highest BCUT2D eigenvalue weighted by Gasteiger charge is 2.25. The average Bonchev–Trinajstić information content (AvgIpc) is 3.22. The summed E-state index contributed by atoms with van der Waals surface area (Å²) in [6.07, 6.45) is 5.75. The second-order valence-corrected chi connectivity index (χ2v) is 9.21. The molecule has 0 spiro atoms. The fourth-order valence-electron chi connectivity index (χ4n) is 4.99. The SMILES string of the molecule is O=C(O)COC[C@H]1CC[C@@H](Cn2nc(-c3ccccc3)c(-c3ccccc3)c2CCCO)CC1. The highest BCUT2D eigenvalue weighted by molar-refractivity contribution is 5.82. The van der Waals surface area contributed by atoms with Crippen molar-refractivity contribution in [3.63, 3.8) is 0 Å². The minimum Gasteiger partial charge on any atom is -0.480 e. The van der Waals surface area contributed by atoms with Crippen LogP contribution in [0.25, 0.3) is 22.4 Å². The molecule has 0 bridgehead atoms. The Bertz CT molecular complexity index is 1040. The van der Waals surface area contributed by atoms with Crippen molar-refractivity contribution in [2.24, 2.45) is 11.8 Å². The van der Waals surface area contributed by atoms with Crippen molar-refractivity contribution in [2.75, 3.05) is 19.8 Å². The van der Waals surface area contributed by atoms with Crippen molar-refractivity contribution in [1.82, 2.24) is 9.78 Å².